The number of anilines is 1. The number of piperidine rings is 1. The van der Waals surface area contributed by atoms with Crippen molar-refractivity contribution in [3.63, 3.8) is 0 Å². The van der Waals surface area contributed by atoms with Gasteiger partial charge in [0.05, 0.1) is 11.9 Å². The Labute approximate surface area is 157 Å². The van der Waals surface area contributed by atoms with Crippen molar-refractivity contribution < 1.29 is 22.7 Å². The third-order valence-corrected chi connectivity index (χ3v) is 5.32. The number of halogens is 3. The van der Waals surface area contributed by atoms with Gasteiger partial charge in [-0.2, -0.15) is 13.2 Å². The van der Waals surface area contributed by atoms with E-state index in [2.05, 4.69) is 9.88 Å². The molecule has 0 bridgehead atoms. The van der Waals surface area contributed by atoms with Crippen LogP contribution in [-0.2, 0) is 10.9 Å². The minimum atomic E-state index is -4.42. The van der Waals surface area contributed by atoms with E-state index in [-0.39, 0.29) is 11.5 Å². The Balaban J connectivity index is 1.58. The van der Waals surface area contributed by atoms with E-state index < -0.39 is 17.5 Å². The minimum absolute atomic E-state index is 0.0984. The fraction of sp³-hybridized carbons (Fsp3) is 0.684. The molecule has 0 aliphatic carbocycles. The number of rotatable bonds is 1. The molecule has 2 fully saturated rings. The Bertz CT molecular complexity index is 675. The van der Waals surface area contributed by atoms with Gasteiger partial charge >= 0.3 is 12.3 Å². The summed E-state index contributed by atoms with van der Waals surface area (Å²) in [5.74, 6) is 0. The molecule has 0 unspecified atom stereocenters. The number of likely N-dealkylation sites (tertiary alicyclic amines) is 1. The lowest BCUT2D eigenvalue weighted by Crippen LogP contribution is -2.46. The summed E-state index contributed by atoms with van der Waals surface area (Å²) in [7, 11) is 0. The van der Waals surface area contributed by atoms with Crippen molar-refractivity contribution in [2.45, 2.75) is 51.8 Å². The van der Waals surface area contributed by atoms with E-state index in [4.69, 9.17) is 4.74 Å². The number of pyridine rings is 1. The average Bonchev–Trinajstić information content (AvgIpc) is 2.97. The maximum Gasteiger partial charge on any atom is 0.433 e. The van der Waals surface area contributed by atoms with Crippen LogP contribution in [0.4, 0.5) is 23.7 Å². The summed E-state index contributed by atoms with van der Waals surface area (Å²) in [5, 5.41) is 0. The van der Waals surface area contributed by atoms with Gasteiger partial charge < -0.3 is 14.5 Å². The first kappa shape index (κ1) is 19.8. The summed E-state index contributed by atoms with van der Waals surface area (Å²) in [4.78, 5) is 19.6. The zero-order valence-electron chi connectivity index (χ0n) is 16.0. The molecule has 2 saturated heterocycles. The van der Waals surface area contributed by atoms with E-state index in [9.17, 15) is 18.0 Å². The summed E-state index contributed by atoms with van der Waals surface area (Å²) in [5.41, 5.74) is -0.562. The summed E-state index contributed by atoms with van der Waals surface area (Å²) in [6.07, 6.45) is -0.681. The van der Waals surface area contributed by atoms with Crippen LogP contribution in [0.5, 0.6) is 0 Å². The molecule has 2 aliphatic rings. The predicted molar refractivity (Wildman–Crippen MR) is 95.5 cm³/mol. The molecule has 0 aromatic carbocycles. The van der Waals surface area contributed by atoms with Crippen molar-refractivity contribution >= 4 is 11.8 Å². The Hall–Kier alpha value is -1.99. The molecular formula is C19H26F3N3O2. The van der Waals surface area contributed by atoms with E-state index in [1.165, 1.54) is 12.3 Å². The molecule has 0 radical (unpaired) electrons. The van der Waals surface area contributed by atoms with Gasteiger partial charge in [0.1, 0.15) is 11.3 Å². The smallest absolute Gasteiger partial charge is 0.433 e. The highest BCUT2D eigenvalue weighted by Crippen LogP contribution is 2.42. The van der Waals surface area contributed by atoms with Crippen LogP contribution in [0.1, 0.15) is 45.7 Å². The minimum Gasteiger partial charge on any atom is -0.444 e. The standard InChI is InChI=1S/C19H26F3N3O2/c1-17(2,3)27-16(26)24-9-6-18(7-10-24)8-11-25(13-18)14-4-5-15(23-12-14)19(20,21)22/h4-5,12H,6-11,13H2,1-3H3. The Morgan fingerprint density at radius 1 is 1.11 bits per heavy atom. The van der Waals surface area contributed by atoms with Crippen LogP contribution >= 0.6 is 0 Å². The quantitative estimate of drug-likeness (QED) is 0.722. The van der Waals surface area contributed by atoms with Gasteiger partial charge in [-0.15, -0.1) is 0 Å². The van der Waals surface area contributed by atoms with Crippen molar-refractivity contribution in [1.82, 2.24) is 9.88 Å². The number of hydrogen-bond donors (Lipinski definition) is 0. The highest BCUT2D eigenvalue weighted by molar-refractivity contribution is 5.68. The zero-order valence-corrected chi connectivity index (χ0v) is 16.0. The van der Waals surface area contributed by atoms with Gasteiger partial charge in [0.15, 0.2) is 0 Å². The lowest BCUT2D eigenvalue weighted by atomic mass is 9.78. The second kappa shape index (κ2) is 6.87. The number of nitrogens with zero attached hydrogens (tertiary/aromatic N) is 3. The van der Waals surface area contributed by atoms with Crippen molar-refractivity contribution in [3.8, 4) is 0 Å². The van der Waals surface area contributed by atoms with E-state index in [1.54, 1.807) is 4.90 Å². The van der Waals surface area contributed by atoms with Crippen LogP contribution in [0, 0.1) is 5.41 Å². The van der Waals surface area contributed by atoms with E-state index in [0.717, 1.165) is 44.1 Å². The number of amides is 1. The molecule has 1 aromatic rings. The average molecular weight is 385 g/mol. The second-order valence-electron chi connectivity index (χ2n) is 8.54. The molecule has 1 aromatic heterocycles. The normalized spacial score (nSPS) is 20.2. The molecule has 150 valence electrons. The first-order chi connectivity index (χ1) is 12.5. The van der Waals surface area contributed by atoms with Crippen LogP contribution < -0.4 is 4.90 Å². The molecule has 8 heteroatoms. The van der Waals surface area contributed by atoms with E-state index in [0.29, 0.717) is 13.1 Å². The van der Waals surface area contributed by atoms with Crippen molar-refractivity contribution in [1.29, 1.82) is 0 Å². The summed E-state index contributed by atoms with van der Waals surface area (Å²) in [6.45, 7) is 8.42. The van der Waals surface area contributed by atoms with Gasteiger partial charge in [-0.25, -0.2) is 9.78 Å². The Kier molecular flexibility index (Phi) is 5.03. The molecule has 3 rings (SSSR count). The molecule has 0 atom stereocenters. The van der Waals surface area contributed by atoms with Gasteiger partial charge in [-0.05, 0) is 57.6 Å². The maximum atomic E-state index is 12.7. The number of hydrogen-bond acceptors (Lipinski definition) is 4. The third kappa shape index (κ3) is 4.65. The fourth-order valence-corrected chi connectivity index (χ4v) is 3.79. The third-order valence-electron chi connectivity index (χ3n) is 5.32. The lowest BCUT2D eigenvalue weighted by Gasteiger charge is -2.39. The number of aromatic nitrogens is 1. The lowest BCUT2D eigenvalue weighted by molar-refractivity contribution is -0.141. The van der Waals surface area contributed by atoms with Crippen LogP contribution in [-0.4, -0.2) is 47.8 Å². The molecule has 27 heavy (non-hydrogen) atoms. The van der Waals surface area contributed by atoms with Crippen molar-refractivity contribution in [2.75, 3.05) is 31.1 Å². The Morgan fingerprint density at radius 3 is 2.26 bits per heavy atom. The largest absolute Gasteiger partial charge is 0.444 e. The second-order valence-corrected chi connectivity index (χ2v) is 8.54. The highest BCUT2D eigenvalue weighted by atomic mass is 19.4. The molecular weight excluding hydrogens is 359 g/mol. The van der Waals surface area contributed by atoms with Gasteiger partial charge in [-0.3, -0.25) is 0 Å². The van der Waals surface area contributed by atoms with Gasteiger partial charge in [0.25, 0.3) is 0 Å². The number of alkyl halides is 3. The number of carbonyl (C=O) groups excluding carboxylic acids is 1. The summed E-state index contributed by atoms with van der Waals surface area (Å²) >= 11 is 0. The van der Waals surface area contributed by atoms with E-state index in [1.807, 2.05) is 20.8 Å². The molecule has 0 saturated carbocycles. The molecule has 5 nitrogen and oxygen atoms in total. The fourth-order valence-electron chi connectivity index (χ4n) is 3.79. The molecule has 2 aliphatic heterocycles. The van der Waals surface area contributed by atoms with Gasteiger partial charge in [-0.1, -0.05) is 0 Å². The van der Waals surface area contributed by atoms with Gasteiger partial charge in [0, 0.05) is 26.2 Å². The molecule has 1 amide bonds. The van der Waals surface area contributed by atoms with Crippen LogP contribution in [0.2, 0.25) is 0 Å². The van der Waals surface area contributed by atoms with Crippen LogP contribution in [0.15, 0.2) is 18.3 Å². The van der Waals surface area contributed by atoms with E-state index >= 15 is 0 Å². The zero-order chi connectivity index (χ0) is 19.9. The van der Waals surface area contributed by atoms with Crippen molar-refractivity contribution in [3.05, 3.63) is 24.0 Å². The monoisotopic (exact) mass is 385 g/mol. The first-order valence-electron chi connectivity index (χ1n) is 9.24. The summed E-state index contributed by atoms with van der Waals surface area (Å²) < 4.78 is 43.4. The predicted octanol–water partition coefficient (Wildman–Crippen LogP) is 4.33. The number of carbonyl (C=O) groups is 1. The van der Waals surface area contributed by atoms with Gasteiger partial charge in [0.2, 0.25) is 0 Å². The maximum absolute atomic E-state index is 12.7. The Morgan fingerprint density at radius 2 is 1.74 bits per heavy atom. The summed E-state index contributed by atoms with van der Waals surface area (Å²) in [6, 6.07) is 2.52. The highest BCUT2D eigenvalue weighted by Gasteiger charge is 2.42. The van der Waals surface area contributed by atoms with Crippen LogP contribution in [0.3, 0.4) is 0 Å². The van der Waals surface area contributed by atoms with Crippen molar-refractivity contribution in [2.24, 2.45) is 5.41 Å². The molecule has 3 heterocycles. The first-order valence-corrected chi connectivity index (χ1v) is 9.24. The molecule has 0 N–H and O–H groups in total. The SMILES string of the molecule is CC(C)(C)OC(=O)N1CCC2(CC1)CCN(c1ccc(C(F)(F)F)nc1)C2. The number of ether oxygens (including phenoxy) is 1. The molecule has 1 spiro atoms. The topological polar surface area (TPSA) is 45.7 Å². The van der Waals surface area contributed by atoms with Crippen LogP contribution in [0.25, 0.3) is 0 Å².